The first kappa shape index (κ1) is 12.6. The predicted octanol–water partition coefficient (Wildman–Crippen LogP) is 3.16. The smallest absolute Gasteiger partial charge is 0.0928 e. The average molecular weight is 267 g/mol. The molecule has 2 rings (SSSR count). The van der Waals surface area contributed by atoms with Crippen molar-refractivity contribution in [2.75, 3.05) is 6.54 Å². The molecule has 1 heterocycles. The zero-order valence-corrected chi connectivity index (χ0v) is 11.0. The van der Waals surface area contributed by atoms with Crippen molar-refractivity contribution in [2.24, 2.45) is 11.7 Å². The quantitative estimate of drug-likeness (QED) is 0.903. The number of hydrogen-bond donors (Lipinski definition) is 1. The maximum Gasteiger partial charge on any atom is 0.0928 e. The van der Waals surface area contributed by atoms with E-state index in [-0.39, 0.29) is 0 Å². The van der Waals surface area contributed by atoms with Gasteiger partial charge in [-0.15, -0.1) is 11.3 Å². The molecule has 0 saturated heterocycles. The van der Waals surface area contributed by atoms with Crippen LogP contribution in [0.5, 0.6) is 0 Å². The number of rotatable bonds is 5. The Balaban J connectivity index is 2.00. The van der Waals surface area contributed by atoms with Crippen molar-refractivity contribution >= 4 is 22.9 Å². The van der Waals surface area contributed by atoms with Crippen LogP contribution in [0.25, 0.3) is 0 Å². The van der Waals surface area contributed by atoms with E-state index in [0.717, 1.165) is 22.9 Å². The lowest BCUT2D eigenvalue weighted by atomic mass is 9.96. The SMILES string of the molecule is NCC(Cc1cccc(Cl)c1)Cc1nccs1. The van der Waals surface area contributed by atoms with E-state index in [9.17, 15) is 0 Å². The summed E-state index contributed by atoms with van der Waals surface area (Å²) in [5, 5.41) is 3.94. The second-order valence-corrected chi connectivity index (χ2v) is 5.48. The van der Waals surface area contributed by atoms with Crippen molar-refractivity contribution in [1.29, 1.82) is 0 Å². The van der Waals surface area contributed by atoms with Crippen molar-refractivity contribution in [3.05, 3.63) is 51.4 Å². The molecule has 1 atom stereocenters. The Morgan fingerprint density at radius 3 is 2.88 bits per heavy atom. The molecule has 0 spiro atoms. The molecule has 0 amide bonds. The molecular weight excluding hydrogens is 252 g/mol. The molecule has 2 N–H and O–H groups in total. The summed E-state index contributed by atoms with van der Waals surface area (Å²) in [6.45, 7) is 0.673. The van der Waals surface area contributed by atoms with Crippen LogP contribution < -0.4 is 5.73 Å². The summed E-state index contributed by atoms with van der Waals surface area (Å²) in [4.78, 5) is 4.30. The maximum atomic E-state index is 5.97. The van der Waals surface area contributed by atoms with Gasteiger partial charge in [-0.05, 0) is 36.6 Å². The molecule has 2 nitrogen and oxygen atoms in total. The molecule has 1 unspecified atom stereocenters. The second-order valence-electron chi connectivity index (χ2n) is 4.07. The van der Waals surface area contributed by atoms with Gasteiger partial charge in [0.25, 0.3) is 0 Å². The van der Waals surface area contributed by atoms with Gasteiger partial charge < -0.3 is 5.73 Å². The monoisotopic (exact) mass is 266 g/mol. The lowest BCUT2D eigenvalue weighted by molar-refractivity contribution is 0.532. The summed E-state index contributed by atoms with van der Waals surface area (Å²) in [7, 11) is 0. The van der Waals surface area contributed by atoms with E-state index in [2.05, 4.69) is 11.1 Å². The van der Waals surface area contributed by atoms with Crippen molar-refractivity contribution < 1.29 is 0 Å². The summed E-state index contributed by atoms with van der Waals surface area (Å²) in [5.74, 6) is 0.430. The number of hydrogen-bond acceptors (Lipinski definition) is 3. The summed E-state index contributed by atoms with van der Waals surface area (Å²) in [6.07, 6.45) is 3.74. The number of aromatic nitrogens is 1. The van der Waals surface area contributed by atoms with Gasteiger partial charge in [0, 0.05) is 23.0 Å². The molecule has 0 aliphatic carbocycles. The molecule has 4 heteroatoms. The fraction of sp³-hybridized carbons (Fsp3) is 0.308. The Labute approximate surface area is 110 Å². The standard InChI is InChI=1S/C13H15ClN2S/c14-12-3-1-2-10(7-12)6-11(9-15)8-13-16-4-5-17-13/h1-5,7,11H,6,8-9,15H2. The molecule has 1 aromatic heterocycles. The third-order valence-corrected chi connectivity index (χ3v) is 3.73. The molecule has 17 heavy (non-hydrogen) atoms. The number of nitrogens with two attached hydrogens (primary N) is 1. The average Bonchev–Trinajstić information content (AvgIpc) is 2.81. The van der Waals surface area contributed by atoms with Crippen LogP contribution in [0.4, 0.5) is 0 Å². The molecular formula is C13H15ClN2S. The molecule has 0 fully saturated rings. The summed E-state index contributed by atoms with van der Waals surface area (Å²) < 4.78 is 0. The van der Waals surface area contributed by atoms with Gasteiger partial charge in [0.1, 0.15) is 0 Å². The topological polar surface area (TPSA) is 38.9 Å². The highest BCUT2D eigenvalue weighted by Gasteiger charge is 2.10. The summed E-state index contributed by atoms with van der Waals surface area (Å²) in [5.41, 5.74) is 7.06. The summed E-state index contributed by atoms with van der Waals surface area (Å²) >= 11 is 7.66. The van der Waals surface area contributed by atoms with E-state index < -0.39 is 0 Å². The van der Waals surface area contributed by atoms with Crippen molar-refractivity contribution in [1.82, 2.24) is 4.98 Å². The zero-order valence-electron chi connectivity index (χ0n) is 9.47. The molecule has 0 aliphatic rings. The lowest BCUT2D eigenvalue weighted by Gasteiger charge is -2.13. The largest absolute Gasteiger partial charge is 0.330 e. The van der Waals surface area contributed by atoms with Crippen LogP contribution >= 0.6 is 22.9 Å². The van der Waals surface area contributed by atoms with Gasteiger partial charge >= 0.3 is 0 Å². The third-order valence-electron chi connectivity index (χ3n) is 2.69. The fourth-order valence-electron chi connectivity index (χ4n) is 1.84. The van der Waals surface area contributed by atoms with Crippen LogP contribution in [-0.4, -0.2) is 11.5 Å². The van der Waals surface area contributed by atoms with E-state index in [1.807, 2.05) is 29.8 Å². The van der Waals surface area contributed by atoms with E-state index in [1.165, 1.54) is 5.56 Å². The third kappa shape index (κ3) is 3.80. The minimum Gasteiger partial charge on any atom is -0.330 e. The highest BCUT2D eigenvalue weighted by atomic mass is 35.5. The highest BCUT2D eigenvalue weighted by molar-refractivity contribution is 7.09. The molecule has 90 valence electrons. The molecule has 2 aromatic rings. The normalized spacial score (nSPS) is 12.6. The van der Waals surface area contributed by atoms with Crippen LogP contribution in [0, 0.1) is 5.92 Å². The van der Waals surface area contributed by atoms with Crippen molar-refractivity contribution in [3.63, 3.8) is 0 Å². The lowest BCUT2D eigenvalue weighted by Crippen LogP contribution is -2.19. The Kier molecular flexibility index (Phi) is 4.54. The maximum absolute atomic E-state index is 5.97. The number of benzene rings is 1. The number of halogens is 1. The molecule has 1 aromatic carbocycles. The van der Waals surface area contributed by atoms with E-state index >= 15 is 0 Å². The first-order valence-corrected chi connectivity index (χ1v) is 6.86. The van der Waals surface area contributed by atoms with Gasteiger partial charge in [0.15, 0.2) is 0 Å². The van der Waals surface area contributed by atoms with E-state index in [1.54, 1.807) is 11.3 Å². The van der Waals surface area contributed by atoms with Gasteiger partial charge in [-0.3, -0.25) is 0 Å². The van der Waals surface area contributed by atoms with Crippen molar-refractivity contribution in [2.45, 2.75) is 12.8 Å². The van der Waals surface area contributed by atoms with Gasteiger partial charge in [0.2, 0.25) is 0 Å². The highest BCUT2D eigenvalue weighted by Crippen LogP contribution is 2.18. The Morgan fingerprint density at radius 1 is 1.35 bits per heavy atom. The van der Waals surface area contributed by atoms with Gasteiger partial charge in [-0.2, -0.15) is 0 Å². The molecule has 0 radical (unpaired) electrons. The van der Waals surface area contributed by atoms with Gasteiger partial charge in [-0.1, -0.05) is 23.7 Å². The molecule has 0 saturated carbocycles. The Hall–Kier alpha value is -0.900. The number of nitrogens with zero attached hydrogens (tertiary/aromatic N) is 1. The molecule has 0 aliphatic heterocycles. The Bertz CT molecular complexity index is 456. The Morgan fingerprint density at radius 2 is 2.24 bits per heavy atom. The minimum absolute atomic E-state index is 0.430. The first-order valence-electron chi connectivity index (χ1n) is 5.61. The zero-order chi connectivity index (χ0) is 12.1. The predicted molar refractivity (Wildman–Crippen MR) is 73.5 cm³/mol. The van der Waals surface area contributed by atoms with E-state index in [4.69, 9.17) is 17.3 Å². The van der Waals surface area contributed by atoms with Crippen molar-refractivity contribution in [3.8, 4) is 0 Å². The number of thiazole rings is 1. The van der Waals surface area contributed by atoms with Crippen LogP contribution in [0.3, 0.4) is 0 Å². The fourth-order valence-corrected chi connectivity index (χ4v) is 2.78. The minimum atomic E-state index is 0.430. The molecule has 0 bridgehead atoms. The summed E-state index contributed by atoms with van der Waals surface area (Å²) in [6, 6.07) is 7.97. The van der Waals surface area contributed by atoms with Crippen LogP contribution in [0.2, 0.25) is 5.02 Å². The second kappa shape index (κ2) is 6.15. The first-order chi connectivity index (χ1) is 8.28. The van der Waals surface area contributed by atoms with E-state index in [0.29, 0.717) is 12.5 Å². The van der Waals surface area contributed by atoms with Crippen LogP contribution in [-0.2, 0) is 12.8 Å². The van der Waals surface area contributed by atoms with Gasteiger partial charge in [0.05, 0.1) is 5.01 Å². The van der Waals surface area contributed by atoms with Gasteiger partial charge in [-0.25, -0.2) is 4.98 Å². The van der Waals surface area contributed by atoms with Crippen LogP contribution in [0.15, 0.2) is 35.8 Å². The van der Waals surface area contributed by atoms with Crippen LogP contribution in [0.1, 0.15) is 10.6 Å².